The molecular formula is C15H21FN2O. The Kier molecular flexibility index (Phi) is 4.20. The second-order valence-corrected chi connectivity index (χ2v) is 5.43. The SMILES string of the molecule is CC(C)NC1CCN(C(C)c2cccc(F)c2)C1=O. The van der Waals surface area contributed by atoms with E-state index in [1.165, 1.54) is 12.1 Å². The van der Waals surface area contributed by atoms with Gasteiger partial charge in [-0.25, -0.2) is 4.39 Å². The third-order valence-corrected chi connectivity index (χ3v) is 3.57. The van der Waals surface area contributed by atoms with Crippen LogP contribution in [0.25, 0.3) is 0 Å². The first-order valence-electron chi connectivity index (χ1n) is 6.81. The zero-order valence-electron chi connectivity index (χ0n) is 11.7. The van der Waals surface area contributed by atoms with Crippen LogP contribution in [0.2, 0.25) is 0 Å². The van der Waals surface area contributed by atoms with Gasteiger partial charge in [0.2, 0.25) is 5.91 Å². The molecule has 104 valence electrons. The topological polar surface area (TPSA) is 32.3 Å². The van der Waals surface area contributed by atoms with Crippen LogP contribution in [0.4, 0.5) is 4.39 Å². The maximum atomic E-state index is 13.2. The molecule has 0 spiro atoms. The number of nitrogens with zero attached hydrogens (tertiary/aromatic N) is 1. The van der Waals surface area contributed by atoms with E-state index in [0.717, 1.165) is 18.5 Å². The van der Waals surface area contributed by atoms with Gasteiger partial charge in [0, 0.05) is 12.6 Å². The number of likely N-dealkylation sites (tertiary alicyclic amines) is 1. The smallest absolute Gasteiger partial charge is 0.240 e. The van der Waals surface area contributed by atoms with E-state index in [0.29, 0.717) is 6.04 Å². The summed E-state index contributed by atoms with van der Waals surface area (Å²) in [5.41, 5.74) is 0.846. The van der Waals surface area contributed by atoms with Gasteiger partial charge in [-0.15, -0.1) is 0 Å². The Balaban J connectivity index is 2.09. The maximum Gasteiger partial charge on any atom is 0.240 e. The summed E-state index contributed by atoms with van der Waals surface area (Å²) in [5.74, 6) is -0.140. The zero-order chi connectivity index (χ0) is 14.0. The van der Waals surface area contributed by atoms with Gasteiger partial charge in [0.15, 0.2) is 0 Å². The normalized spacial score (nSPS) is 21.2. The van der Waals surface area contributed by atoms with Gasteiger partial charge in [-0.1, -0.05) is 26.0 Å². The number of amides is 1. The highest BCUT2D eigenvalue weighted by Gasteiger charge is 2.34. The van der Waals surface area contributed by atoms with Gasteiger partial charge in [0.25, 0.3) is 0 Å². The lowest BCUT2D eigenvalue weighted by Crippen LogP contribution is -2.42. The zero-order valence-corrected chi connectivity index (χ0v) is 11.7. The first-order chi connectivity index (χ1) is 8.99. The number of benzene rings is 1. The Morgan fingerprint density at radius 3 is 2.74 bits per heavy atom. The number of rotatable bonds is 4. The van der Waals surface area contributed by atoms with Crippen molar-refractivity contribution in [2.75, 3.05) is 6.54 Å². The quantitative estimate of drug-likeness (QED) is 0.906. The van der Waals surface area contributed by atoms with E-state index in [1.807, 2.05) is 31.7 Å². The third kappa shape index (κ3) is 3.13. The van der Waals surface area contributed by atoms with Gasteiger partial charge >= 0.3 is 0 Å². The molecule has 1 N–H and O–H groups in total. The average molecular weight is 264 g/mol. The van der Waals surface area contributed by atoms with Crippen molar-refractivity contribution in [3.05, 3.63) is 35.6 Å². The molecule has 1 aromatic carbocycles. The molecule has 0 radical (unpaired) electrons. The van der Waals surface area contributed by atoms with E-state index in [1.54, 1.807) is 6.07 Å². The summed E-state index contributed by atoms with van der Waals surface area (Å²) in [4.78, 5) is 14.1. The van der Waals surface area contributed by atoms with Crippen molar-refractivity contribution in [3.8, 4) is 0 Å². The summed E-state index contributed by atoms with van der Waals surface area (Å²) in [6.07, 6.45) is 0.816. The maximum absolute atomic E-state index is 13.2. The highest BCUT2D eigenvalue weighted by atomic mass is 19.1. The number of carbonyl (C=O) groups excluding carboxylic acids is 1. The van der Waals surface area contributed by atoms with Crippen LogP contribution in [0.5, 0.6) is 0 Å². The van der Waals surface area contributed by atoms with Crippen molar-refractivity contribution < 1.29 is 9.18 Å². The van der Waals surface area contributed by atoms with E-state index in [2.05, 4.69) is 5.32 Å². The molecule has 1 fully saturated rings. The van der Waals surface area contributed by atoms with Crippen molar-refractivity contribution in [2.45, 2.75) is 45.3 Å². The molecule has 0 saturated carbocycles. The number of halogens is 1. The minimum absolute atomic E-state index is 0.0813. The summed E-state index contributed by atoms with van der Waals surface area (Å²) in [6.45, 7) is 6.74. The van der Waals surface area contributed by atoms with Crippen LogP contribution < -0.4 is 5.32 Å². The standard InChI is InChI=1S/C15H21FN2O/c1-10(2)17-14-7-8-18(15(14)19)11(3)12-5-4-6-13(16)9-12/h4-6,9-11,14,17H,7-8H2,1-3H3. The molecule has 1 saturated heterocycles. The van der Waals surface area contributed by atoms with Crippen LogP contribution >= 0.6 is 0 Å². The van der Waals surface area contributed by atoms with Gasteiger partial charge in [0.05, 0.1) is 12.1 Å². The fourth-order valence-electron chi connectivity index (χ4n) is 2.59. The average Bonchev–Trinajstić information content (AvgIpc) is 2.69. The molecule has 1 aromatic rings. The Labute approximate surface area is 113 Å². The summed E-state index contributed by atoms with van der Waals surface area (Å²) in [6, 6.07) is 6.58. The first kappa shape index (κ1) is 14.0. The highest BCUT2D eigenvalue weighted by molar-refractivity contribution is 5.84. The van der Waals surface area contributed by atoms with Crippen molar-refractivity contribution >= 4 is 5.91 Å². The molecule has 1 amide bonds. The van der Waals surface area contributed by atoms with Gasteiger partial charge in [-0.2, -0.15) is 0 Å². The van der Waals surface area contributed by atoms with E-state index < -0.39 is 0 Å². The Bertz CT molecular complexity index is 461. The third-order valence-electron chi connectivity index (χ3n) is 3.57. The molecule has 2 atom stereocenters. The molecule has 0 aliphatic carbocycles. The van der Waals surface area contributed by atoms with E-state index >= 15 is 0 Å². The van der Waals surface area contributed by atoms with Crippen LogP contribution in [-0.4, -0.2) is 29.4 Å². The van der Waals surface area contributed by atoms with Crippen LogP contribution in [-0.2, 0) is 4.79 Å². The number of hydrogen-bond acceptors (Lipinski definition) is 2. The predicted octanol–water partition coefficient (Wildman–Crippen LogP) is 2.49. The molecule has 3 nitrogen and oxygen atoms in total. The van der Waals surface area contributed by atoms with Gasteiger partial charge < -0.3 is 10.2 Å². The van der Waals surface area contributed by atoms with E-state index in [4.69, 9.17) is 0 Å². The van der Waals surface area contributed by atoms with Crippen molar-refractivity contribution in [1.82, 2.24) is 10.2 Å². The first-order valence-corrected chi connectivity index (χ1v) is 6.81. The van der Waals surface area contributed by atoms with Crippen LogP contribution in [0.1, 0.15) is 38.8 Å². The predicted molar refractivity (Wildman–Crippen MR) is 73.2 cm³/mol. The number of hydrogen-bond donors (Lipinski definition) is 1. The second kappa shape index (κ2) is 5.70. The van der Waals surface area contributed by atoms with Crippen molar-refractivity contribution in [1.29, 1.82) is 0 Å². The van der Waals surface area contributed by atoms with Crippen LogP contribution in [0, 0.1) is 5.82 Å². The molecule has 19 heavy (non-hydrogen) atoms. The molecule has 4 heteroatoms. The van der Waals surface area contributed by atoms with Gasteiger partial charge in [0.1, 0.15) is 5.82 Å². The summed E-state index contributed by atoms with van der Waals surface area (Å²) >= 11 is 0. The number of carbonyl (C=O) groups is 1. The lowest BCUT2D eigenvalue weighted by molar-refractivity contribution is -0.131. The lowest BCUT2D eigenvalue weighted by Gasteiger charge is -2.25. The molecule has 1 aliphatic rings. The minimum Gasteiger partial charge on any atom is -0.335 e. The second-order valence-electron chi connectivity index (χ2n) is 5.43. The Hall–Kier alpha value is -1.42. The fourth-order valence-corrected chi connectivity index (χ4v) is 2.59. The molecule has 0 bridgehead atoms. The molecule has 1 heterocycles. The largest absolute Gasteiger partial charge is 0.335 e. The van der Waals surface area contributed by atoms with Crippen molar-refractivity contribution in [3.63, 3.8) is 0 Å². The summed E-state index contributed by atoms with van der Waals surface area (Å²) < 4.78 is 13.2. The molecule has 0 aromatic heterocycles. The highest BCUT2D eigenvalue weighted by Crippen LogP contribution is 2.26. The summed E-state index contributed by atoms with van der Waals surface area (Å²) in [5, 5.41) is 3.27. The van der Waals surface area contributed by atoms with Gasteiger partial charge in [-0.3, -0.25) is 4.79 Å². The summed E-state index contributed by atoms with van der Waals surface area (Å²) in [7, 11) is 0. The monoisotopic (exact) mass is 264 g/mol. The molecule has 1 aliphatic heterocycles. The van der Waals surface area contributed by atoms with E-state index in [-0.39, 0.29) is 23.8 Å². The molecule has 2 unspecified atom stereocenters. The van der Waals surface area contributed by atoms with Crippen LogP contribution in [0.3, 0.4) is 0 Å². The van der Waals surface area contributed by atoms with Crippen molar-refractivity contribution in [2.24, 2.45) is 0 Å². The molecule has 2 rings (SSSR count). The number of nitrogens with one attached hydrogen (secondary N) is 1. The fraction of sp³-hybridized carbons (Fsp3) is 0.533. The lowest BCUT2D eigenvalue weighted by atomic mass is 10.1. The Morgan fingerprint density at radius 2 is 2.11 bits per heavy atom. The van der Waals surface area contributed by atoms with E-state index in [9.17, 15) is 9.18 Å². The van der Waals surface area contributed by atoms with Gasteiger partial charge in [-0.05, 0) is 31.0 Å². The Morgan fingerprint density at radius 1 is 1.37 bits per heavy atom. The minimum atomic E-state index is -0.257. The van der Waals surface area contributed by atoms with Crippen LogP contribution in [0.15, 0.2) is 24.3 Å². The molecular weight excluding hydrogens is 243 g/mol.